The van der Waals surface area contributed by atoms with E-state index in [1.165, 1.54) is 0 Å². The Hall–Kier alpha value is -2.64. The summed E-state index contributed by atoms with van der Waals surface area (Å²) in [6.45, 7) is 4.05. The lowest BCUT2D eigenvalue weighted by molar-refractivity contribution is 1.26. The second-order valence-electron chi connectivity index (χ2n) is 5.13. The normalized spacial score (nSPS) is 10.4. The minimum atomic E-state index is 0.287. The summed E-state index contributed by atoms with van der Waals surface area (Å²) < 4.78 is 0. The third kappa shape index (κ3) is 2.26. The molecule has 0 amide bonds. The lowest BCUT2D eigenvalue weighted by Gasteiger charge is -2.14. The van der Waals surface area contributed by atoms with E-state index in [1.807, 2.05) is 49.6 Å². The number of nitriles is 1. The summed E-state index contributed by atoms with van der Waals surface area (Å²) >= 11 is 1.62. The van der Waals surface area contributed by atoms with Gasteiger partial charge in [-0.1, -0.05) is 30.3 Å². The minimum absolute atomic E-state index is 0.287. The first-order chi connectivity index (χ1) is 10.6. The molecular formula is C18H15N3S. The number of aromatic nitrogens is 1. The van der Waals surface area contributed by atoms with Crippen LogP contribution in [0.15, 0.2) is 41.8 Å². The molecule has 108 valence electrons. The average Bonchev–Trinajstić information content (AvgIpc) is 2.95. The number of pyridine rings is 1. The highest BCUT2D eigenvalue weighted by Crippen LogP contribution is 2.39. The molecule has 2 N–H and O–H groups in total. The van der Waals surface area contributed by atoms with E-state index >= 15 is 0 Å². The van der Waals surface area contributed by atoms with Gasteiger partial charge in [-0.3, -0.25) is 0 Å². The molecule has 0 aliphatic heterocycles. The second kappa shape index (κ2) is 5.63. The van der Waals surface area contributed by atoms with Crippen molar-refractivity contribution in [3.05, 3.63) is 58.5 Å². The van der Waals surface area contributed by atoms with Gasteiger partial charge in [-0.25, -0.2) is 4.98 Å². The molecule has 3 aromatic rings. The van der Waals surface area contributed by atoms with Crippen LogP contribution in [0.3, 0.4) is 0 Å². The van der Waals surface area contributed by atoms with Gasteiger partial charge in [0.2, 0.25) is 0 Å². The average molecular weight is 305 g/mol. The van der Waals surface area contributed by atoms with E-state index in [9.17, 15) is 5.26 Å². The van der Waals surface area contributed by atoms with E-state index in [2.05, 4.69) is 17.1 Å². The zero-order valence-corrected chi connectivity index (χ0v) is 13.2. The molecule has 0 unspecified atom stereocenters. The number of hydrogen-bond donors (Lipinski definition) is 1. The Morgan fingerprint density at radius 2 is 1.86 bits per heavy atom. The number of hydrogen-bond acceptors (Lipinski definition) is 4. The Morgan fingerprint density at radius 3 is 2.45 bits per heavy atom. The van der Waals surface area contributed by atoms with Crippen LogP contribution in [-0.2, 0) is 0 Å². The largest absolute Gasteiger partial charge is 0.383 e. The highest BCUT2D eigenvalue weighted by molar-refractivity contribution is 7.13. The number of benzene rings is 1. The molecule has 0 spiro atoms. The number of nitrogen functional groups attached to an aromatic ring is 1. The molecule has 3 nitrogen and oxygen atoms in total. The van der Waals surface area contributed by atoms with Crippen LogP contribution in [0.2, 0.25) is 0 Å². The SMILES string of the molecule is Cc1ccsc1-c1c(C)c(-c2ccccc2)nc(N)c1C#N. The quantitative estimate of drug-likeness (QED) is 0.755. The fourth-order valence-electron chi connectivity index (χ4n) is 2.60. The summed E-state index contributed by atoms with van der Waals surface area (Å²) in [6, 6.07) is 14.2. The smallest absolute Gasteiger partial charge is 0.142 e. The summed E-state index contributed by atoms with van der Waals surface area (Å²) in [6.07, 6.45) is 0. The lowest BCUT2D eigenvalue weighted by Crippen LogP contribution is -2.03. The monoisotopic (exact) mass is 305 g/mol. The molecule has 0 saturated heterocycles. The maximum atomic E-state index is 9.51. The molecule has 1 aromatic carbocycles. The van der Waals surface area contributed by atoms with Crippen LogP contribution in [-0.4, -0.2) is 4.98 Å². The van der Waals surface area contributed by atoms with Gasteiger partial charge >= 0.3 is 0 Å². The first-order valence-electron chi connectivity index (χ1n) is 6.93. The van der Waals surface area contributed by atoms with Gasteiger partial charge in [0.15, 0.2) is 0 Å². The van der Waals surface area contributed by atoms with Crippen molar-refractivity contribution in [3.8, 4) is 27.8 Å². The van der Waals surface area contributed by atoms with Gasteiger partial charge in [0.25, 0.3) is 0 Å². The van der Waals surface area contributed by atoms with Gasteiger partial charge < -0.3 is 5.73 Å². The molecule has 22 heavy (non-hydrogen) atoms. The second-order valence-corrected chi connectivity index (χ2v) is 6.05. The number of rotatable bonds is 2. The predicted octanol–water partition coefficient (Wildman–Crippen LogP) is 4.55. The van der Waals surface area contributed by atoms with Crippen molar-refractivity contribution < 1.29 is 0 Å². The summed E-state index contributed by atoms with van der Waals surface area (Å²) in [5.74, 6) is 0.287. The van der Waals surface area contributed by atoms with Gasteiger partial charge in [-0.2, -0.15) is 5.26 Å². The first kappa shape index (κ1) is 14.3. The van der Waals surface area contributed by atoms with Gasteiger partial charge in [0, 0.05) is 16.0 Å². The summed E-state index contributed by atoms with van der Waals surface area (Å²) in [5.41, 5.74) is 11.4. The number of aryl methyl sites for hydroxylation is 1. The molecule has 4 heteroatoms. The number of nitrogens with zero attached hydrogens (tertiary/aromatic N) is 2. The Labute approximate surface area is 133 Å². The number of thiophene rings is 1. The van der Waals surface area contributed by atoms with Gasteiger partial charge in [-0.15, -0.1) is 11.3 Å². The van der Waals surface area contributed by atoms with Gasteiger partial charge in [0.05, 0.1) is 5.69 Å². The molecule has 0 aliphatic rings. The Bertz CT molecular complexity index is 873. The Morgan fingerprint density at radius 1 is 1.14 bits per heavy atom. The summed E-state index contributed by atoms with van der Waals surface area (Å²) in [4.78, 5) is 5.56. The summed E-state index contributed by atoms with van der Waals surface area (Å²) in [5, 5.41) is 11.5. The maximum Gasteiger partial charge on any atom is 0.142 e. The lowest BCUT2D eigenvalue weighted by atomic mass is 9.95. The molecule has 0 bridgehead atoms. The fraction of sp³-hybridized carbons (Fsp3) is 0.111. The van der Waals surface area contributed by atoms with Crippen molar-refractivity contribution in [2.45, 2.75) is 13.8 Å². The molecule has 2 heterocycles. The third-order valence-electron chi connectivity index (χ3n) is 3.72. The zero-order chi connectivity index (χ0) is 15.7. The van der Waals surface area contributed by atoms with Crippen molar-refractivity contribution in [1.29, 1.82) is 5.26 Å². The van der Waals surface area contributed by atoms with Gasteiger partial charge in [0.1, 0.15) is 17.5 Å². The zero-order valence-electron chi connectivity index (χ0n) is 12.4. The first-order valence-corrected chi connectivity index (χ1v) is 7.81. The molecule has 0 fully saturated rings. The van der Waals surface area contributed by atoms with E-state index in [0.717, 1.165) is 32.8 Å². The summed E-state index contributed by atoms with van der Waals surface area (Å²) in [7, 11) is 0. The Kier molecular flexibility index (Phi) is 3.66. The van der Waals surface area contributed by atoms with Crippen molar-refractivity contribution in [3.63, 3.8) is 0 Å². The topological polar surface area (TPSA) is 62.7 Å². The van der Waals surface area contributed by atoms with E-state index in [0.29, 0.717) is 5.56 Å². The predicted molar refractivity (Wildman–Crippen MR) is 91.6 cm³/mol. The fourth-order valence-corrected chi connectivity index (χ4v) is 3.63. The highest BCUT2D eigenvalue weighted by Gasteiger charge is 2.19. The van der Waals surface area contributed by atoms with Crippen LogP contribution < -0.4 is 5.73 Å². The van der Waals surface area contributed by atoms with Crippen LogP contribution in [0.5, 0.6) is 0 Å². The highest BCUT2D eigenvalue weighted by atomic mass is 32.1. The van der Waals surface area contributed by atoms with Crippen LogP contribution in [0.4, 0.5) is 5.82 Å². The van der Waals surface area contributed by atoms with Crippen LogP contribution in [0.25, 0.3) is 21.7 Å². The van der Waals surface area contributed by atoms with E-state index < -0.39 is 0 Å². The van der Waals surface area contributed by atoms with Crippen molar-refractivity contribution in [2.24, 2.45) is 0 Å². The van der Waals surface area contributed by atoms with Gasteiger partial charge in [-0.05, 0) is 36.4 Å². The molecule has 0 atom stereocenters. The Balaban J connectivity index is 2.36. The standard InChI is InChI=1S/C18H15N3S/c1-11-8-9-22-17(11)15-12(2)16(13-6-4-3-5-7-13)21-18(20)14(15)10-19/h3-9H,1-2H3,(H2,20,21). The van der Waals surface area contributed by atoms with Crippen LogP contribution in [0, 0.1) is 25.2 Å². The third-order valence-corrected chi connectivity index (χ3v) is 4.75. The molecule has 0 saturated carbocycles. The molecule has 2 aromatic heterocycles. The maximum absolute atomic E-state index is 9.51. The van der Waals surface area contributed by atoms with E-state index in [4.69, 9.17) is 5.73 Å². The molecule has 0 radical (unpaired) electrons. The van der Waals surface area contributed by atoms with E-state index in [1.54, 1.807) is 11.3 Å². The molecular weight excluding hydrogens is 290 g/mol. The van der Waals surface area contributed by atoms with E-state index in [-0.39, 0.29) is 5.82 Å². The number of nitrogens with two attached hydrogens (primary N) is 1. The minimum Gasteiger partial charge on any atom is -0.383 e. The van der Waals surface area contributed by atoms with Crippen molar-refractivity contribution in [1.82, 2.24) is 4.98 Å². The van der Waals surface area contributed by atoms with Crippen molar-refractivity contribution in [2.75, 3.05) is 5.73 Å². The van der Waals surface area contributed by atoms with Crippen LogP contribution >= 0.6 is 11.3 Å². The van der Waals surface area contributed by atoms with Crippen LogP contribution in [0.1, 0.15) is 16.7 Å². The van der Waals surface area contributed by atoms with Crippen molar-refractivity contribution >= 4 is 17.2 Å². The molecule has 3 rings (SSSR count). The molecule has 0 aliphatic carbocycles. The number of anilines is 1.